The van der Waals surface area contributed by atoms with Gasteiger partial charge in [-0.15, -0.1) is 0 Å². The van der Waals surface area contributed by atoms with E-state index in [1.807, 2.05) is 23.1 Å². The Hall–Kier alpha value is -1.95. The fourth-order valence-electron chi connectivity index (χ4n) is 3.00. The molecule has 2 aliphatic rings. The molecule has 6 nitrogen and oxygen atoms in total. The van der Waals surface area contributed by atoms with Crippen LogP contribution in [0.25, 0.3) is 0 Å². The second-order valence-electron chi connectivity index (χ2n) is 5.79. The Labute approximate surface area is 130 Å². The molecule has 0 aromatic carbocycles. The smallest absolute Gasteiger partial charge is 0.228 e. The zero-order valence-electron chi connectivity index (χ0n) is 12.6. The van der Waals surface area contributed by atoms with Crippen LogP contribution in [0.3, 0.4) is 0 Å². The Bertz CT molecular complexity index is 527. The Morgan fingerprint density at radius 1 is 1.32 bits per heavy atom. The van der Waals surface area contributed by atoms with E-state index in [-0.39, 0.29) is 17.7 Å². The maximum absolute atomic E-state index is 12.6. The highest BCUT2D eigenvalue weighted by molar-refractivity contribution is 5.89. The number of hydrogen-bond acceptors (Lipinski definition) is 4. The summed E-state index contributed by atoms with van der Waals surface area (Å²) in [4.78, 5) is 32.5. The molecule has 22 heavy (non-hydrogen) atoms. The first-order chi connectivity index (χ1) is 10.7. The third-order valence-electron chi connectivity index (χ3n) is 4.18. The van der Waals surface area contributed by atoms with Gasteiger partial charge in [-0.2, -0.15) is 0 Å². The molecule has 0 radical (unpaired) electrons. The van der Waals surface area contributed by atoms with Crippen LogP contribution in [-0.2, 0) is 20.9 Å². The van der Waals surface area contributed by atoms with Crippen molar-refractivity contribution in [3.05, 3.63) is 30.1 Å². The molecule has 1 atom stereocenters. The van der Waals surface area contributed by atoms with Crippen molar-refractivity contribution < 1.29 is 14.3 Å². The van der Waals surface area contributed by atoms with Gasteiger partial charge in [-0.1, -0.05) is 6.07 Å². The van der Waals surface area contributed by atoms with Crippen LogP contribution in [0.4, 0.5) is 0 Å². The number of nitrogens with zero attached hydrogens (tertiary/aromatic N) is 3. The van der Waals surface area contributed by atoms with Crippen molar-refractivity contribution in [1.82, 2.24) is 14.8 Å². The lowest BCUT2D eigenvalue weighted by Gasteiger charge is -2.23. The maximum Gasteiger partial charge on any atom is 0.228 e. The molecule has 2 saturated heterocycles. The number of aromatic nitrogens is 1. The number of pyridine rings is 1. The summed E-state index contributed by atoms with van der Waals surface area (Å²) in [6.07, 6.45) is 2.89. The van der Waals surface area contributed by atoms with Crippen molar-refractivity contribution in [2.45, 2.75) is 19.4 Å². The third kappa shape index (κ3) is 3.44. The van der Waals surface area contributed by atoms with Crippen LogP contribution in [0, 0.1) is 5.92 Å². The van der Waals surface area contributed by atoms with Crippen molar-refractivity contribution in [1.29, 1.82) is 0 Å². The molecule has 2 fully saturated rings. The van der Waals surface area contributed by atoms with Gasteiger partial charge in [0.1, 0.15) is 0 Å². The van der Waals surface area contributed by atoms with Gasteiger partial charge in [0.05, 0.1) is 24.8 Å². The molecule has 0 bridgehead atoms. The van der Waals surface area contributed by atoms with E-state index in [9.17, 15) is 9.59 Å². The molecular formula is C16H21N3O3. The predicted molar refractivity (Wildman–Crippen MR) is 79.8 cm³/mol. The lowest BCUT2D eigenvalue weighted by molar-refractivity contribution is -0.135. The topological polar surface area (TPSA) is 62.7 Å². The zero-order chi connectivity index (χ0) is 15.4. The first kappa shape index (κ1) is 15.0. The normalized spacial score (nSPS) is 22.7. The molecule has 0 N–H and O–H groups in total. The van der Waals surface area contributed by atoms with Gasteiger partial charge in [0.15, 0.2) is 0 Å². The van der Waals surface area contributed by atoms with E-state index in [2.05, 4.69) is 4.98 Å². The monoisotopic (exact) mass is 303 g/mol. The van der Waals surface area contributed by atoms with E-state index in [0.29, 0.717) is 39.3 Å². The van der Waals surface area contributed by atoms with E-state index in [0.717, 1.165) is 18.7 Å². The van der Waals surface area contributed by atoms with E-state index in [1.54, 1.807) is 11.1 Å². The van der Waals surface area contributed by atoms with Crippen LogP contribution in [0.1, 0.15) is 18.5 Å². The van der Waals surface area contributed by atoms with Crippen LogP contribution in [0.15, 0.2) is 24.4 Å². The molecule has 6 heteroatoms. The summed E-state index contributed by atoms with van der Waals surface area (Å²) in [6, 6.07) is 5.65. The SMILES string of the molecule is O=C1C[C@@H](C(=O)N2CCCOCC2)CN1Cc1ccccn1. The highest BCUT2D eigenvalue weighted by Crippen LogP contribution is 2.22. The number of carbonyl (C=O) groups is 2. The Morgan fingerprint density at radius 2 is 2.23 bits per heavy atom. The van der Waals surface area contributed by atoms with E-state index < -0.39 is 0 Å². The van der Waals surface area contributed by atoms with Crippen molar-refractivity contribution in [3.63, 3.8) is 0 Å². The van der Waals surface area contributed by atoms with Crippen molar-refractivity contribution in [2.24, 2.45) is 5.92 Å². The van der Waals surface area contributed by atoms with E-state index in [1.165, 1.54) is 0 Å². The number of likely N-dealkylation sites (tertiary alicyclic amines) is 1. The predicted octanol–water partition coefficient (Wildman–Crippen LogP) is 0.679. The van der Waals surface area contributed by atoms with Crippen molar-refractivity contribution in [2.75, 3.05) is 32.8 Å². The van der Waals surface area contributed by atoms with Crippen LogP contribution in [0.2, 0.25) is 0 Å². The highest BCUT2D eigenvalue weighted by atomic mass is 16.5. The first-order valence-electron chi connectivity index (χ1n) is 7.78. The fraction of sp³-hybridized carbons (Fsp3) is 0.562. The average molecular weight is 303 g/mol. The van der Waals surface area contributed by atoms with Crippen LogP contribution >= 0.6 is 0 Å². The number of rotatable bonds is 3. The first-order valence-corrected chi connectivity index (χ1v) is 7.78. The molecule has 0 saturated carbocycles. The molecule has 0 spiro atoms. The molecule has 3 heterocycles. The summed E-state index contributed by atoms with van der Waals surface area (Å²) in [6.45, 7) is 3.62. The van der Waals surface area contributed by atoms with Crippen LogP contribution in [0.5, 0.6) is 0 Å². The van der Waals surface area contributed by atoms with E-state index >= 15 is 0 Å². The molecule has 0 unspecified atom stereocenters. The zero-order valence-corrected chi connectivity index (χ0v) is 12.6. The number of hydrogen-bond donors (Lipinski definition) is 0. The summed E-state index contributed by atoms with van der Waals surface area (Å²) >= 11 is 0. The molecule has 3 rings (SSSR count). The minimum Gasteiger partial charge on any atom is -0.380 e. The Kier molecular flexibility index (Phi) is 4.68. The largest absolute Gasteiger partial charge is 0.380 e. The second kappa shape index (κ2) is 6.87. The van der Waals surface area contributed by atoms with Gasteiger partial charge in [0.2, 0.25) is 11.8 Å². The highest BCUT2D eigenvalue weighted by Gasteiger charge is 2.36. The van der Waals surface area contributed by atoms with Crippen LogP contribution < -0.4 is 0 Å². The fourth-order valence-corrected chi connectivity index (χ4v) is 3.00. The summed E-state index contributed by atoms with van der Waals surface area (Å²) < 4.78 is 5.38. The van der Waals surface area contributed by atoms with Crippen molar-refractivity contribution >= 4 is 11.8 Å². The minimum atomic E-state index is -0.227. The number of amides is 2. The van der Waals surface area contributed by atoms with Gasteiger partial charge in [-0.3, -0.25) is 14.6 Å². The molecule has 2 amide bonds. The standard InChI is InChI=1S/C16H21N3O3/c20-15-10-13(16(21)18-6-3-8-22-9-7-18)11-19(15)12-14-4-1-2-5-17-14/h1-2,4-5,13H,3,6-12H2/t13-/m1/s1. The summed E-state index contributed by atoms with van der Waals surface area (Å²) in [5.74, 6) is -0.105. The molecule has 1 aromatic heterocycles. The summed E-state index contributed by atoms with van der Waals surface area (Å²) in [5, 5.41) is 0. The van der Waals surface area contributed by atoms with Gasteiger partial charge in [0, 0.05) is 38.9 Å². The molecular weight excluding hydrogens is 282 g/mol. The molecule has 2 aliphatic heterocycles. The van der Waals surface area contributed by atoms with Gasteiger partial charge < -0.3 is 14.5 Å². The number of carbonyl (C=O) groups excluding carboxylic acids is 2. The van der Waals surface area contributed by atoms with E-state index in [4.69, 9.17) is 4.74 Å². The molecule has 1 aromatic rings. The minimum absolute atomic E-state index is 0.0371. The Balaban J connectivity index is 1.60. The van der Waals surface area contributed by atoms with Gasteiger partial charge in [0.25, 0.3) is 0 Å². The lowest BCUT2D eigenvalue weighted by Crippen LogP contribution is -2.38. The third-order valence-corrected chi connectivity index (χ3v) is 4.18. The summed E-state index contributed by atoms with van der Waals surface area (Å²) in [7, 11) is 0. The maximum atomic E-state index is 12.6. The Morgan fingerprint density at radius 3 is 3.05 bits per heavy atom. The van der Waals surface area contributed by atoms with Gasteiger partial charge in [-0.25, -0.2) is 0 Å². The van der Waals surface area contributed by atoms with Gasteiger partial charge >= 0.3 is 0 Å². The molecule has 118 valence electrons. The van der Waals surface area contributed by atoms with Gasteiger partial charge in [-0.05, 0) is 18.6 Å². The molecule has 0 aliphatic carbocycles. The summed E-state index contributed by atoms with van der Waals surface area (Å²) in [5.41, 5.74) is 0.854. The number of ether oxygens (including phenoxy) is 1. The quantitative estimate of drug-likeness (QED) is 0.824. The second-order valence-corrected chi connectivity index (χ2v) is 5.79. The lowest BCUT2D eigenvalue weighted by atomic mass is 10.1. The average Bonchev–Trinajstić information content (AvgIpc) is 2.76. The van der Waals surface area contributed by atoms with Crippen LogP contribution in [-0.4, -0.2) is 59.4 Å². The van der Waals surface area contributed by atoms with Crippen molar-refractivity contribution in [3.8, 4) is 0 Å².